The molecule has 3 N–H and O–H groups in total. The second-order valence-electron chi connectivity index (χ2n) is 9.32. The third-order valence-corrected chi connectivity index (χ3v) is 8.75. The number of hydrogen-bond acceptors (Lipinski definition) is 11. The number of non-ortho nitro benzene ring substituents is 2. The zero-order chi connectivity index (χ0) is 33.9. The van der Waals surface area contributed by atoms with Gasteiger partial charge in [-0.25, -0.2) is 16.8 Å². The van der Waals surface area contributed by atoms with Gasteiger partial charge in [0.15, 0.2) is 6.29 Å². The molecule has 0 radical (unpaired) electrons. The fraction of sp³-hybridized carbons (Fsp3) is 0.103. The molecule has 15 nitrogen and oxygen atoms in total. The van der Waals surface area contributed by atoms with Crippen LogP contribution in [0.5, 0.6) is 0 Å². The first-order chi connectivity index (χ1) is 21.8. The molecule has 17 heteroatoms. The zero-order valence-electron chi connectivity index (χ0n) is 24.0. The zero-order valence-corrected chi connectivity index (χ0v) is 25.6. The average molecular weight is 670 g/mol. The van der Waals surface area contributed by atoms with E-state index in [2.05, 4.69) is 14.4 Å². The quantitative estimate of drug-likeness (QED) is 0.0833. The molecule has 240 valence electrons. The maximum Gasteiger partial charge on any atom is 0.269 e. The van der Waals surface area contributed by atoms with E-state index in [9.17, 15) is 41.9 Å². The van der Waals surface area contributed by atoms with Crippen molar-refractivity contribution in [2.45, 2.75) is 22.8 Å². The lowest BCUT2D eigenvalue weighted by Crippen LogP contribution is -2.14. The standard InChI is InChI=1S/C16H17N3O5S.C13H10N2O5S/c1-12(11-20)17-10-13-4-2-3-5-16(13)18-25(23,24)15-8-6-14(7-9-15)19(21)22;16-9-10-3-1-2-4-13(10)14-21(19,20)12-7-5-11(6-8-12)15(17)18/h2-10,12,18,20H,11H2,1H3;1-9,14H/t12-;/m1./s1. The molecule has 0 heterocycles. The van der Waals surface area contributed by atoms with Gasteiger partial charge in [0.25, 0.3) is 31.4 Å². The molecule has 0 aliphatic carbocycles. The van der Waals surface area contributed by atoms with Crippen molar-refractivity contribution in [2.75, 3.05) is 16.1 Å². The van der Waals surface area contributed by atoms with Crippen molar-refractivity contribution in [2.24, 2.45) is 4.99 Å². The predicted octanol–water partition coefficient (Wildman–Crippen LogP) is 4.40. The highest BCUT2D eigenvalue weighted by Gasteiger charge is 2.18. The number of carbonyl (C=O) groups is 1. The summed E-state index contributed by atoms with van der Waals surface area (Å²) < 4.78 is 54.0. The first-order valence-electron chi connectivity index (χ1n) is 13.1. The van der Waals surface area contributed by atoms with Crippen molar-refractivity contribution in [3.8, 4) is 0 Å². The molecule has 46 heavy (non-hydrogen) atoms. The van der Waals surface area contributed by atoms with E-state index in [4.69, 9.17) is 5.11 Å². The van der Waals surface area contributed by atoms with Crippen LogP contribution in [0.2, 0.25) is 0 Å². The predicted molar refractivity (Wildman–Crippen MR) is 170 cm³/mol. The number of carbonyl (C=O) groups excluding carboxylic acids is 1. The summed E-state index contributed by atoms with van der Waals surface area (Å²) in [6.07, 6.45) is 2.02. The van der Waals surface area contributed by atoms with Crippen LogP contribution in [-0.4, -0.2) is 56.9 Å². The molecule has 0 aliphatic heterocycles. The molecule has 4 aromatic carbocycles. The number of nitrogens with zero attached hydrogens (tertiary/aromatic N) is 3. The Balaban J connectivity index is 0.000000254. The maximum atomic E-state index is 12.5. The fourth-order valence-corrected chi connectivity index (χ4v) is 5.73. The molecule has 4 rings (SSSR count). The second kappa shape index (κ2) is 15.5. The number of nitro benzene ring substituents is 2. The average Bonchev–Trinajstić information content (AvgIpc) is 3.04. The highest BCUT2D eigenvalue weighted by molar-refractivity contribution is 7.93. The summed E-state index contributed by atoms with van der Waals surface area (Å²) >= 11 is 0. The summed E-state index contributed by atoms with van der Waals surface area (Å²) in [6.45, 7) is 1.60. The molecule has 0 bridgehead atoms. The lowest BCUT2D eigenvalue weighted by Gasteiger charge is -2.11. The summed E-state index contributed by atoms with van der Waals surface area (Å²) in [5.41, 5.74) is 0.795. The number of nitro groups is 2. The molecule has 4 aromatic rings. The minimum Gasteiger partial charge on any atom is -0.394 e. The highest BCUT2D eigenvalue weighted by atomic mass is 32.2. The lowest BCUT2D eigenvalue weighted by molar-refractivity contribution is -0.385. The van der Waals surface area contributed by atoms with E-state index in [0.717, 1.165) is 36.4 Å². The molecular formula is C29H27N5O10S2. The molecular weight excluding hydrogens is 642 g/mol. The Hall–Kier alpha value is -5.52. The largest absolute Gasteiger partial charge is 0.394 e. The van der Waals surface area contributed by atoms with Gasteiger partial charge >= 0.3 is 0 Å². The number of para-hydroxylation sites is 2. The minimum atomic E-state index is -3.92. The fourth-order valence-electron chi connectivity index (χ4n) is 3.55. The van der Waals surface area contributed by atoms with Crippen LogP contribution in [0.25, 0.3) is 0 Å². The number of aliphatic hydroxyl groups is 1. The highest BCUT2D eigenvalue weighted by Crippen LogP contribution is 2.22. The first-order valence-corrected chi connectivity index (χ1v) is 16.1. The summed E-state index contributed by atoms with van der Waals surface area (Å²) in [6, 6.07) is 21.5. The van der Waals surface area contributed by atoms with Crippen LogP contribution in [0.15, 0.2) is 112 Å². The monoisotopic (exact) mass is 669 g/mol. The summed E-state index contributed by atoms with van der Waals surface area (Å²) in [7, 11) is -7.83. The maximum absolute atomic E-state index is 12.5. The number of benzene rings is 4. The van der Waals surface area contributed by atoms with E-state index in [1.54, 1.807) is 43.3 Å². The Morgan fingerprint density at radius 3 is 1.50 bits per heavy atom. The topological polar surface area (TPSA) is 228 Å². The number of aldehydes is 1. The van der Waals surface area contributed by atoms with Crippen molar-refractivity contribution in [3.63, 3.8) is 0 Å². The van der Waals surface area contributed by atoms with E-state index in [-0.39, 0.29) is 45.1 Å². The SMILES string of the molecule is C[C@H](CO)N=Cc1ccccc1NS(=O)(=O)c1ccc([N+](=O)[O-])cc1.O=Cc1ccccc1NS(=O)(=O)c1ccc([N+](=O)[O-])cc1. The van der Waals surface area contributed by atoms with Gasteiger partial charge in [-0.15, -0.1) is 0 Å². The Kier molecular flexibility index (Phi) is 11.8. The molecule has 0 amide bonds. The van der Waals surface area contributed by atoms with Crippen molar-refractivity contribution >= 4 is 55.3 Å². The van der Waals surface area contributed by atoms with Gasteiger partial charge in [0.05, 0.1) is 43.7 Å². The Morgan fingerprint density at radius 1 is 0.717 bits per heavy atom. The molecule has 1 atom stereocenters. The van der Waals surface area contributed by atoms with Gasteiger partial charge in [0.1, 0.15) is 0 Å². The van der Waals surface area contributed by atoms with E-state index < -0.39 is 29.9 Å². The number of anilines is 2. The molecule has 0 aromatic heterocycles. The normalized spacial score (nSPS) is 12.0. The van der Waals surface area contributed by atoms with Crippen molar-refractivity contribution < 1.29 is 36.6 Å². The molecule has 0 fully saturated rings. The van der Waals surface area contributed by atoms with Gasteiger partial charge in [-0.2, -0.15) is 0 Å². The van der Waals surface area contributed by atoms with E-state index in [1.807, 2.05) is 0 Å². The van der Waals surface area contributed by atoms with Gasteiger partial charge in [-0.1, -0.05) is 30.3 Å². The molecule has 0 unspecified atom stereocenters. The molecule has 0 saturated heterocycles. The number of aliphatic hydroxyl groups excluding tert-OH is 1. The molecule has 0 aliphatic rings. The minimum absolute atomic E-state index is 0.0893. The van der Waals surface area contributed by atoms with Gasteiger partial charge in [-0.3, -0.25) is 39.5 Å². The van der Waals surface area contributed by atoms with Crippen LogP contribution in [0, 0.1) is 20.2 Å². The van der Waals surface area contributed by atoms with Crippen LogP contribution < -0.4 is 9.44 Å². The van der Waals surface area contributed by atoms with Crippen LogP contribution in [0.4, 0.5) is 22.7 Å². The molecule has 0 spiro atoms. The Labute approximate surface area is 263 Å². The van der Waals surface area contributed by atoms with Crippen LogP contribution in [0.1, 0.15) is 22.8 Å². The second-order valence-corrected chi connectivity index (χ2v) is 12.7. The lowest BCUT2D eigenvalue weighted by atomic mass is 10.2. The molecule has 0 saturated carbocycles. The van der Waals surface area contributed by atoms with E-state index in [0.29, 0.717) is 17.5 Å². The summed E-state index contributed by atoms with van der Waals surface area (Å²) in [5, 5.41) is 30.2. The number of nitrogens with one attached hydrogen (secondary N) is 2. The van der Waals surface area contributed by atoms with Gasteiger partial charge < -0.3 is 5.11 Å². The Morgan fingerprint density at radius 2 is 1.11 bits per heavy atom. The van der Waals surface area contributed by atoms with Gasteiger partial charge in [-0.05, 0) is 49.4 Å². The van der Waals surface area contributed by atoms with Crippen LogP contribution >= 0.6 is 0 Å². The third kappa shape index (κ3) is 9.49. The third-order valence-electron chi connectivity index (χ3n) is 5.99. The van der Waals surface area contributed by atoms with E-state index >= 15 is 0 Å². The Bertz CT molecular complexity index is 1950. The number of hydrogen-bond donors (Lipinski definition) is 3. The van der Waals surface area contributed by atoms with Crippen LogP contribution in [0.3, 0.4) is 0 Å². The van der Waals surface area contributed by atoms with Crippen molar-refractivity contribution in [1.29, 1.82) is 0 Å². The van der Waals surface area contributed by atoms with E-state index in [1.165, 1.54) is 30.5 Å². The summed E-state index contributed by atoms with van der Waals surface area (Å²) in [5.74, 6) is 0. The number of rotatable bonds is 12. The van der Waals surface area contributed by atoms with Crippen molar-refractivity contribution in [3.05, 3.63) is 128 Å². The smallest absolute Gasteiger partial charge is 0.269 e. The first kappa shape index (κ1) is 35.0. The number of sulfonamides is 2. The van der Waals surface area contributed by atoms with Crippen molar-refractivity contribution in [1.82, 2.24) is 0 Å². The van der Waals surface area contributed by atoms with Crippen LogP contribution in [-0.2, 0) is 20.0 Å². The summed E-state index contributed by atoms with van der Waals surface area (Å²) in [4.78, 5) is 34.7. The number of aliphatic imine (C=N–C) groups is 1. The van der Waals surface area contributed by atoms with Gasteiger partial charge in [0, 0.05) is 41.6 Å². The van der Waals surface area contributed by atoms with Gasteiger partial charge in [0.2, 0.25) is 0 Å².